The second-order valence-corrected chi connectivity index (χ2v) is 5.06. The van der Waals surface area contributed by atoms with Crippen LogP contribution in [-0.4, -0.2) is 44.9 Å². The highest BCUT2D eigenvalue weighted by Gasteiger charge is 2.10. The summed E-state index contributed by atoms with van der Waals surface area (Å²) in [7, 11) is 0. The Morgan fingerprint density at radius 2 is 1.90 bits per heavy atom. The Labute approximate surface area is 119 Å². The quantitative estimate of drug-likeness (QED) is 0.826. The van der Waals surface area contributed by atoms with E-state index in [0.29, 0.717) is 5.75 Å². The van der Waals surface area contributed by atoms with Gasteiger partial charge in [0.25, 0.3) is 0 Å². The molecule has 0 saturated carbocycles. The minimum Gasteiger partial charge on any atom is -0.482 e. The molecule has 0 bridgehead atoms. The summed E-state index contributed by atoms with van der Waals surface area (Å²) in [6.45, 7) is 7.64. The van der Waals surface area contributed by atoms with E-state index < -0.39 is 0 Å². The lowest BCUT2D eigenvalue weighted by molar-refractivity contribution is -0.149. The van der Waals surface area contributed by atoms with Gasteiger partial charge in [-0.2, -0.15) is 0 Å². The fraction of sp³-hybridized carbons (Fsp3) is 0.533. The van der Waals surface area contributed by atoms with Gasteiger partial charge >= 0.3 is 5.97 Å². The van der Waals surface area contributed by atoms with Gasteiger partial charge in [0.05, 0.1) is 6.10 Å². The van der Waals surface area contributed by atoms with Crippen LogP contribution in [0.4, 0.5) is 5.69 Å². The maximum Gasteiger partial charge on any atom is 0.344 e. The highest BCUT2D eigenvalue weighted by atomic mass is 16.6. The number of ether oxygens (including phenoxy) is 2. The van der Waals surface area contributed by atoms with Crippen LogP contribution in [0, 0.1) is 0 Å². The molecule has 5 heteroatoms. The first-order valence-corrected chi connectivity index (χ1v) is 7.03. The first-order chi connectivity index (χ1) is 9.65. The van der Waals surface area contributed by atoms with Gasteiger partial charge in [-0.15, -0.1) is 0 Å². The topological polar surface area (TPSA) is 50.8 Å². The van der Waals surface area contributed by atoms with Gasteiger partial charge in [-0.05, 0) is 38.1 Å². The van der Waals surface area contributed by atoms with Crippen LogP contribution in [-0.2, 0) is 9.53 Å². The molecule has 20 heavy (non-hydrogen) atoms. The predicted octanol–water partition coefficient (Wildman–Crippen LogP) is 1.43. The SMILES string of the molecule is CC(C)OC(=O)COc1ccc(N2CCNCC2)cc1. The molecule has 0 atom stereocenters. The number of carbonyl (C=O) groups is 1. The average Bonchev–Trinajstić information content (AvgIpc) is 2.46. The number of nitrogens with one attached hydrogen (secondary N) is 1. The first kappa shape index (κ1) is 14.7. The molecule has 1 heterocycles. The number of carbonyl (C=O) groups excluding carboxylic acids is 1. The van der Waals surface area contributed by atoms with Crippen molar-refractivity contribution in [3.05, 3.63) is 24.3 Å². The van der Waals surface area contributed by atoms with Crippen molar-refractivity contribution in [2.45, 2.75) is 20.0 Å². The number of piperazine rings is 1. The summed E-state index contributed by atoms with van der Waals surface area (Å²) in [6.07, 6.45) is -0.110. The molecule has 5 nitrogen and oxygen atoms in total. The molecule has 110 valence electrons. The van der Waals surface area contributed by atoms with Crippen molar-refractivity contribution in [2.24, 2.45) is 0 Å². The Morgan fingerprint density at radius 3 is 2.50 bits per heavy atom. The minimum atomic E-state index is -0.341. The van der Waals surface area contributed by atoms with E-state index in [1.807, 2.05) is 38.1 Å². The molecule has 1 aliphatic heterocycles. The summed E-state index contributed by atoms with van der Waals surface area (Å²) in [5.74, 6) is 0.343. The summed E-state index contributed by atoms with van der Waals surface area (Å²) in [5, 5.41) is 3.33. The van der Waals surface area contributed by atoms with Gasteiger partial charge in [-0.25, -0.2) is 4.79 Å². The zero-order chi connectivity index (χ0) is 14.4. The normalized spacial score (nSPS) is 15.2. The Hall–Kier alpha value is -1.75. The minimum absolute atomic E-state index is 0.0504. The fourth-order valence-corrected chi connectivity index (χ4v) is 2.12. The van der Waals surface area contributed by atoms with E-state index in [4.69, 9.17) is 9.47 Å². The van der Waals surface area contributed by atoms with Gasteiger partial charge in [0, 0.05) is 31.9 Å². The summed E-state index contributed by atoms with van der Waals surface area (Å²) in [5.41, 5.74) is 1.18. The molecular formula is C15H22N2O3. The Bertz CT molecular complexity index is 425. The highest BCUT2D eigenvalue weighted by molar-refractivity contribution is 5.71. The van der Waals surface area contributed by atoms with Gasteiger partial charge in [-0.3, -0.25) is 0 Å². The van der Waals surface area contributed by atoms with Gasteiger partial charge in [-0.1, -0.05) is 0 Å². The maximum atomic E-state index is 11.4. The van der Waals surface area contributed by atoms with E-state index in [9.17, 15) is 4.79 Å². The van der Waals surface area contributed by atoms with E-state index in [0.717, 1.165) is 26.2 Å². The third-order valence-electron chi connectivity index (χ3n) is 3.04. The van der Waals surface area contributed by atoms with Crippen molar-refractivity contribution in [1.82, 2.24) is 5.32 Å². The Kier molecular flexibility index (Phi) is 5.24. The van der Waals surface area contributed by atoms with Gasteiger partial charge < -0.3 is 19.7 Å². The predicted molar refractivity (Wildman–Crippen MR) is 78.2 cm³/mol. The molecule has 0 aliphatic carbocycles. The van der Waals surface area contributed by atoms with Gasteiger partial charge in [0.15, 0.2) is 6.61 Å². The molecule has 1 saturated heterocycles. The molecule has 0 unspecified atom stereocenters. The van der Waals surface area contributed by atoms with Crippen LogP contribution in [0.3, 0.4) is 0 Å². The number of hydrogen-bond acceptors (Lipinski definition) is 5. The lowest BCUT2D eigenvalue weighted by atomic mass is 10.2. The maximum absolute atomic E-state index is 11.4. The van der Waals surface area contributed by atoms with E-state index in [2.05, 4.69) is 10.2 Å². The summed E-state index contributed by atoms with van der Waals surface area (Å²) >= 11 is 0. The number of benzene rings is 1. The molecule has 0 spiro atoms. The first-order valence-electron chi connectivity index (χ1n) is 7.03. The van der Waals surface area contributed by atoms with Gasteiger partial charge in [0.1, 0.15) is 5.75 Å². The fourth-order valence-electron chi connectivity index (χ4n) is 2.12. The smallest absolute Gasteiger partial charge is 0.344 e. The van der Waals surface area contributed by atoms with E-state index in [1.165, 1.54) is 5.69 Å². The molecule has 0 amide bonds. The lowest BCUT2D eigenvalue weighted by Gasteiger charge is -2.29. The largest absolute Gasteiger partial charge is 0.482 e. The van der Waals surface area contributed by atoms with Gasteiger partial charge in [0.2, 0.25) is 0 Å². The third-order valence-corrected chi connectivity index (χ3v) is 3.04. The number of esters is 1. The van der Waals surface area contributed by atoms with E-state index in [1.54, 1.807) is 0 Å². The average molecular weight is 278 g/mol. The van der Waals surface area contributed by atoms with Crippen LogP contribution < -0.4 is 15.0 Å². The Balaban J connectivity index is 1.83. The monoisotopic (exact) mass is 278 g/mol. The molecule has 0 radical (unpaired) electrons. The van der Waals surface area contributed by atoms with Crippen molar-refractivity contribution >= 4 is 11.7 Å². The van der Waals surface area contributed by atoms with Crippen molar-refractivity contribution in [2.75, 3.05) is 37.7 Å². The van der Waals surface area contributed by atoms with Crippen LogP contribution in [0.5, 0.6) is 5.75 Å². The Morgan fingerprint density at radius 1 is 1.25 bits per heavy atom. The van der Waals surface area contributed by atoms with Crippen LogP contribution in [0.25, 0.3) is 0 Å². The second-order valence-electron chi connectivity index (χ2n) is 5.06. The van der Waals surface area contributed by atoms with E-state index >= 15 is 0 Å². The van der Waals surface area contributed by atoms with Crippen molar-refractivity contribution in [1.29, 1.82) is 0 Å². The van der Waals surface area contributed by atoms with E-state index in [-0.39, 0.29) is 18.7 Å². The highest BCUT2D eigenvalue weighted by Crippen LogP contribution is 2.19. The molecule has 1 aromatic rings. The third kappa shape index (κ3) is 4.42. The lowest BCUT2D eigenvalue weighted by Crippen LogP contribution is -2.43. The van der Waals surface area contributed by atoms with Crippen LogP contribution in [0.1, 0.15) is 13.8 Å². The summed E-state index contributed by atoms with van der Waals surface area (Å²) < 4.78 is 10.4. The van der Waals surface area contributed by atoms with Crippen LogP contribution >= 0.6 is 0 Å². The molecular weight excluding hydrogens is 256 g/mol. The molecule has 1 aromatic carbocycles. The molecule has 1 aliphatic rings. The van der Waals surface area contributed by atoms with Crippen molar-refractivity contribution in [3.8, 4) is 5.75 Å². The number of rotatable bonds is 5. The molecule has 2 rings (SSSR count). The zero-order valence-corrected chi connectivity index (χ0v) is 12.1. The summed E-state index contributed by atoms with van der Waals surface area (Å²) in [6, 6.07) is 7.82. The number of nitrogens with zero attached hydrogens (tertiary/aromatic N) is 1. The number of anilines is 1. The van der Waals surface area contributed by atoms with Crippen LogP contribution in [0.2, 0.25) is 0 Å². The van der Waals surface area contributed by atoms with Crippen molar-refractivity contribution < 1.29 is 14.3 Å². The standard InChI is InChI=1S/C15H22N2O3/c1-12(2)20-15(18)11-19-14-5-3-13(4-6-14)17-9-7-16-8-10-17/h3-6,12,16H,7-11H2,1-2H3. The molecule has 1 N–H and O–H groups in total. The van der Waals surface area contributed by atoms with Crippen molar-refractivity contribution in [3.63, 3.8) is 0 Å². The second kappa shape index (κ2) is 7.14. The zero-order valence-electron chi connectivity index (χ0n) is 12.1. The molecule has 1 fully saturated rings. The molecule has 0 aromatic heterocycles. The summed E-state index contributed by atoms with van der Waals surface area (Å²) in [4.78, 5) is 13.7. The number of hydrogen-bond donors (Lipinski definition) is 1. The van der Waals surface area contributed by atoms with Crippen LogP contribution in [0.15, 0.2) is 24.3 Å².